The van der Waals surface area contributed by atoms with Crippen molar-refractivity contribution in [3.63, 3.8) is 0 Å². The maximum absolute atomic E-state index is 13.8. The van der Waals surface area contributed by atoms with Gasteiger partial charge in [-0.25, -0.2) is 4.39 Å². The van der Waals surface area contributed by atoms with Gasteiger partial charge in [0.05, 0.1) is 0 Å². The average Bonchev–Trinajstić information content (AvgIpc) is 2.41. The summed E-state index contributed by atoms with van der Waals surface area (Å²) in [6, 6.07) is 7.82. The van der Waals surface area contributed by atoms with Gasteiger partial charge in [0, 0.05) is 24.5 Å². The molecule has 1 aliphatic heterocycles. The van der Waals surface area contributed by atoms with Gasteiger partial charge >= 0.3 is 0 Å². The molecular weight excluding hydrogens is 203 g/mol. The lowest BCUT2D eigenvalue weighted by atomic mass is 10.0. The van der Waals surface area contributed by atoms with Gasteiger partial charge in [0.1, 0.15) is 5.67 Å². The van der Waals surface area contributed by atoms with Crippen molar-refractivity contribution >= 4 is 11.4 Å². The Balaban J connectivity index is 2.08. The first-order valence-electron chi connectivity index (χ1n) is 5.86. The average molecular weight is 222 g/mol. The van der Waals surface area contributed by atoms with E-state index >= 15 is 0 Å². The molecule has 0 saturated carbocycles. The first kappa shape index (κ1) is 11.2. The molecule has 0 bridgehead atoms. The fourth-order valence-electron chi connectivity index (χ4n) is 2.19. The van der Waals surface area contributed by atoms with Crippen molar-refractivity contribution in [2.75, 3.05) is 23.7 Å². The van der Waals surface area contributed by atoms with Crippen LogP contribution in [0.3, 0.4) is 0 Å². The number of nitrogen functional groups attached to an aromatic ring is 1. The minimum Gasteiger partial charge on any atom is -0.399 e. The fraction of sp³-hybridized carbons (Fsp3) is 0.538. The molecule has 1 unspecified atom stereocenters. The lowest BCUT2D eigenvalue weighted by molar-refractivity contribution is 0.170. The van der Waals surface area contributed by atoms with Gasteiger partial charge in [0.25, 0.3) is 0 Å². The first-order valence-corrected chi connectivity index (χ1v) is 5.86. The highest BCUT2D eigenvalue weighted by molar-refractivity contribution is 5.53. The molecular formula is C13H19FN2. The van der Waals surface area contributed by atoms with Crippen molar-refractivity contribution in [2.24, 2.45) is 0 Å². The van der Waals surface area contributed by atoms with Crippen molar-refractivity contribution in [2.45, 2.75) is 31.9 Å². The number of nitrogens with zero attached hydrogens (tertiary/aromatic N) is 1. The molecule has 2 N–H and O–H groups in total. The maximum atomic E-state index is 13.8. The molecule has 1 aromatic rings. The van der Waals surface area contributed by atoms with Gasteiger partial charge < -0.3 is 10.6 Å². The number of halogens is 1. The van der Waals surface area contributed by atoms with E-state index in [1.54, 1.807) is 6.92 Å². The third-order valence-electron chi connectivity index (χ3n) is 3.29. The molecule has 1 saturated heterocycles. The molecule has 16 heavy (non-hydrogen) atoms. The lowest BCUT2D eigenvalue weighted by Gasteiger charge is -2.23. The van der Waals surface area contributed by atoms with E-state index in [-0.39, 0.29) is 0 Å². The van der Waals surface area contributed by atoms with Crippen molar-refractivity contribution in [1.82, 2.24) is 0 Å². The Morgan fingerprint density at radius 3 is 2.56 bits per heavy atom. The smallest absolute Gasteiger partial charge is 0.110 e. The number of nitrogens with two attached hydrogens (primary N) is 1. The second-order valence-corrected chi connectivity index (χ2v) is 4.85. The third-order valence-corrected chi connectivity index (χ3v) is 3.29. The van der Waals surface area contributed by atoms with Gasteiger partial charge in [0.15, 0.2) is 0 Å². The van der Waals surface area contributed by atoms with E-state index in [2.05, 4.69) is 4.90 Å². The quantitative estimate of drug-likeness (QED) is 0.740. The van der Waals surface area contributed by atoms with Crippen LogP contribution in [0, 0.1) is 0 Å². The van der Waals surface area contributed by atoms with Gasteiger partial charge in [-0.2, -0.15) is 0 Å². The SMILES string of the molecule is CC1(F)CCCN(c2ccc(N)cc2)CC1. The third kappa shape index (κ3) is 2.65. The molecule has 2 rings (SSSR count). The minimum absolute atomic E-state index is 0.609. The molecule has 0 aromatic heterocycles. The summed E-state index contributed by atoms with van der Waals surface area (Å²) in [5.74, 6) is 0. The van der Waals surface area contributed by atoms with Gasteiger partial charge in [-0.05, 0) is 50.5 Å². The molecule has 1 fully saturated rings. The second-order valence-electron chi connectivity index (χ2n) is 4.85. The Morgan fingerprint density at radius 2 is 1.88 bits per heavy atom. The first-order chi connectivity index (χ1) is 7.57. The molecule has 1 heterocycles. The number of anilines is 2. The minimum atomic E-state index is -0.997. The molecule has 88 valence electrons. The van der Waals surface area contributed by atoms with E-state index in [4.69, 9.17) is 5.73 Å². The summed E-state index contributed by atoms with van der Waals surface area (Å²) < 4.78 is 13.8. The number of hydrogen-bond donors (Lipinski definition) is 1. The predicted octanol–water partition coefficient (Wildman–Crippen LogP) is 2.99. The summed E-state index contributed by atoms with van der Waals surface area (Å²) >= 11 is 0. The summed E-state index contributed by atoms with van der Waals surface area (Å²) in [6.07, 6.45) is 2.19. The van der Waals surface area contributed by atoms with Crippen molar-refractivity contribution in [3.8, 4) is 0 Å². The van der Waals surface area contributed by atoms with Crippen LogP contribution in [0.15, 0.2) is 24.3 Å². The number of alkyl halides is 1. The van der Waals surface area contributed by atoms with Crippen LogP contribution in [0.5, 0.6) is 0 Å². The number of rotatable bonds is 1. The Kier molecular flexibility index (Phi) is 3.03. The number of hydrogen-bond acceptors (Lipinski definition) is 2. The van der Waals surface area contributed by atoms with Gasteiger partial charge in [0.2, 0.25) is 0 Å². The van der Waals surface area contributed by atoms with Crippen LogP contribution in [0.1, 0.15) is 26.2 Å². The summed E-state index contributed by atoms with van der Waals surface area (Å²) in [5.41, 5.74) is 6.57. The fourth-order valence-corrected chi connectivity index (χ4v) is 2.19. The molecule has 0 aliphatic carbocycles. The topological polar surface area (TPSA) is 29.3 Å². The molecule has 0 radical (unpaired) electrons. The normalized spacial score (nSPS) is 26.5. The zero-order valence-electron chi connectivity index (χ0n) is 9.75. The van der Waals surface area contributed by atoms with E-state index in [0.29, 0.717) is 12.8 Å². The van der Waals surface area contributed by atoms with Crippen LogP contribution in [-0.2, 0) is 0 Å². The Morgan fingerprint density at radius 1 is 1.19 bits per heavy atom. The van der Waals surface area contributed by atoms with Crippen LogP contribution in [0.4, 0.5) is 15.8 Å². The molecule has 3 heteroatoms. The van der Waals surface area contributed by atoms with Crippen LogP contribution in [0.2, 0.25) is 0 Å². The zero-order valence-corrected chi connectivity index (χ0v) is 9.75. The van der Waals surface area contributed by atoms with Crippen LogP contribution >= 0.6 is 0 Å². The molecule has 0 spiro atoms. The summed E-state index contributed by atoms with van der Waals surface area (Å²) in [6.45, 7) is 3.43. The van der Waals surface area contributed by atoms with E-state index in [1.165, 1.54) is 0 Å². The van der Waals surface area contributed by atoms with Gasteiger partial charge in [-0.1, -0.05) is 0 Å². The van der Waals surface area contributed by atoms with E-state index < -0.39 is 5.67 Å². The lowest BCUT2D eigenvalue weighted by Crippen LogP contribution is -2.26. The largest absolute Gasteiger partial charge is 0.399 e. The van der Waals surface area contributed by atoms with Crippen LogP contribution in [0.25, 0.3) is 0 Å². The maximum Gasteiger partial charge on any atom is 0.110 e. The molecule has 1 aliphatic rings. The van der Waals surface area contributed by atoms with E-state index in [0.717, 1.165) is 30.9 Å². The van der Waals surface area contributed by atoms with Crippen molar-refractivity contribution in [1.29, 1.82) is 0 Å². The highest BCUT2D eigenvalue weighted by Crippen LogP contribution is 2.28. The van der Waals surface area contributed by atoms with Crippen LogP contribution in [-0.4, -0.2) is 18.8 Å². The predicted molar refractivity (Wildman–Crippen MR) is 66.4 cm³/mol. The van der Waals surface area contributed by atoms with E-state index in [1.807, 2.05) is 24.3 Å². The molecule has 2 nitrogen and oxygen atoms in total. The molecule has 0 amide bonds. The molecule has 1 atom stereocenters. The Bertz CT molecular complexity index is 345. The van der Waals surface area contributed by atoms with Crippen molar-refractivity contribution in [3.05, 3.63) is 24.3 Å². The highest BCUT2D eigenvalue weighted by Gasteiger charge is 2.26. The summed E-state index contributed by atoms with van der Waals surface area (Å²) in [5, 5.41) is 0. The second kappa shape index (κ2) is 4.32. The molecule has 1 aromatic carbocycles. The summed E-state index contributed by atoms with van der Waals surface area (Å²) in [7, 11) is 0. The summed E-state index contributed by atoms with van der Waals surface area (Å²) in [4.78, 5) is 2.24. The van der Waals surface area contributed by atoms with E-state index in [9.17, 15) is 4.39 Å². The highest BCUT2D eigenvalue weighted by atomic mass is 19.1. The number of benzene rings is 1. The van der Waals surface area contributed by atoms with Crippen molar-refractivity contribution < 1.29 is 4.39 Å². The Hall–Kier alpha value is -1.25. The Labute approximate surface area is 96.2 Å². The zero-order chi connectivity index (χ0) is 11.6. The monoisotopic (exact) mass is 222 g/mol. The van der Waals surface area contributed by atoms with Gasteiger partial charge in [-0.3, -0.25) is 0 Å². The standard InChI is InChI=1S/C13H19FN2/c1-13(14)7-2-9-16(10-8-13)12-5-3-11(15)4-6-12/h3-6H,2,7-10,15H2,1H3. The van der Waals surface area contributed by atoms with Gasteiger partial charge in [-0.15, -0.1) is 0 Å². The van der Waals surface area contributed by atoms with Crippen LogP contribution < -0.4 is 10.6 Å².